The lowest BCUT2D eigenvalue weighted by Crippen LogP contribution is -2.31. The summed E-state index contributed by atoms with van der Waals surface area (Å²) in [6.07, 6.45) is 2.18. The molecule has 0 unspecified atom stereocenters. The Morgan fingerprint density at radius 1 is 1.26 bits per heavy atom. The number of nitrogens with zero attached hydrogens (tertiary/aromatic N) is 3. The molecule has 27 heavy (non-hydrogen) atoms. The predicted molar refractivity (Wildman–Crippen MR) is 105 cm³/mol. The number of carbonyl (C=O) groups is 1. The zero-order valence-electron chi connectivity index (χ0n) is 14.5. The molecule has 1 aromatic heterocycles. The molecule has 0 fully saturated rings. The first-order valence-corrected chi connectivity index (χ1v) is 9.03. The summed E-state index contributed by atoms with van der Waals surface area (Å²) < 4.78 is 2.53. The fourth-order valence-electron chi connectivity index (χ4n) is 2.80. The van der Waals surface area contributed by atoms with Gasteiger partial charge >= 0.3 is 0 Å². The molecule has 1 N–H and O–H groups in total. The summed E-state index contributed by atoms with van der Waals surface area (Å²) in [4.78, 5) is 23.0. The smallest absolute Gasteiger partial charge is 0.270 e. The molecule has 3 aromatic rings. The van der Waals surface area contributed by atoms with Crippen LogP contribution in [0.25, 0.3) is 11.3 Å². The van der Waals surface area contributed by atoms with E-state index in [1.54, 1.807) is 36.1 Å². The number of non-ortho nitro benzene ring substituents is 1. The van der Waals surface area contributed by atoms with Crippen LogP contribution in [-0.2, 0) is 11.2 Å². The van der Waals surface area contributed by atoms with Crippen molar-refractivity contribution in [2.75, 3.05) is 7.05 Å². The standard InChI is InChI=1S/C19H17BrN4O3/c1-21-19(25)18(11-13-4-2-6-15(20)10-13)23-9-8-17(22-23)14-5-3-7-16(12-14)24(26)27/h2-10,12,18H,11H2,1H3,(H,21,25)/t18-/m0/s1. The maximum Gasteiger partial charge on any atom is 0.270 e. The largest absolute Gasteiger partial charge is 0.357 e. The molecule has 1 amide bonds. The van der Waals surface area contributed by atoms with E-state index in [9.17, 15) is 14.9 Å². The van der Waals surface area contributed by atoms with Crippen LogP contribution >= 0.6 is 15.9 Å². The van der Waals surface area contributed by atoms with Gasteiger partial charge in [0.1, 0.15) is 6.04 Å². The van der Waals surface area contributed by atoms with Crippen LogP contribution in [0.3, 0.4) is 0 Å². The van der Waals surface area contributed by atoms with E-state index in [-0.39, 0.29) is 11.6 Å². The first kappa shape index (κ1) is 18.8. The summed E-state index contributed by atoms with van der Waals surface area (Å²) in [6, 6.07) is 15.2. The monoisotopic (exact) mass is 428 g/mol. The summed E-state index contributed by atoms with van der Waals surface area (Å²) in [5.74, 6) is -0.163. The Hall–Kier alpha value is -3.00. The van der Waals surface area contributed by atoms with Crippen LogP contribution in [0.5, 0.6) is 0 Å². The molecule has 0 aliphatic carbocycles. The number of likely N-dealkylation sites (N-methyl/N-ethyl adjacent to an activating group) is 1. The first-order chi connectivity index (χ1) is 13.0. The number of benzene rings is 2. The normalized spacial score (nSPS) is 11.8. The first-order valence-electron chi connectivity index (χ1n) is 8.24. The molecule has 3 rings (SSSR count). The third-order valence-electron chi connectivity index (χ3n) is 4.15. The lowest BCUT2D eigenvalue weighted by molar-refractivity contribution is -0.384. The highest BCUT2D eigenvalue weighted by Gasteiger charge is 2.21. The Bertz CT molecular complexity index is 986. The van der Waals surface area contributed by atoms with Gasteiger partial charge in [-0.1, -0.05) is 40.2 Å². The van der Waals surface area contributed by atoms with Crippen molar-refractivity contribution in [3.8, 4) is 11.3 Å². The van der Waals surface area contributed by atoms with Gasteiger partial charge in [-0.15, -0.1) is 0 Å². The number of nitro groups is 1. The number of nitro benzene ring substituents is 1. The minimum Gasteiger partial charge on any atom is -0.357 e. The van der Waals surface area contributed by atoms with E-state index in [0.29, 0.717) is 17.7 Å². The third-order valence-corrected chi connectivity index (χ3v) is 4.64. The van der Waals surface area contributed by atoms with Crippen molar-refractivity contribution in [3.63, 3.8) is 0 Å². The van der Waals surface area contributed by atoms with E-state index in [2.05, 4.69) is 26.3 Å². The Morgan fingerprint density at radius 2 is 2.04 bits per heavy atom. The van der Waals surface area contributed by atoms with Crippen LogP contribution in [0, 0.1) is 10.1 Å². The molecule has 7 nitrogen and oxygen atoms in total. The quantitative estimate of drug-likeness (QED) is 0.478. The van der Waals surface area contributed by atoms with Crippen LogP contribution < -0.4 is 5.32 Å². The van der Waals surface area contributed by atoms with Gasteiger partial charge in [0, 0.05) is 41.8 Å². The van der Waals surface area contributed by atoms with E-state index < -0.39 is 11.0 Å². The van der Waals surface area contributed by atoms with Gasteiger partial charge < -0.3 is 5.32 Å². The van der Waals surface area contributed by atoms with Crippen molar-refractivity contribution in [3.05, 3.63) is 80.9 Å². The molecule has 0 saturated heterocycles. The summed E-state index contributed by atoms with van der Waals surface area (Å²) >= 11 is 3.44. The highest BCUT2D eigenvalue weighted by Crippen LogP contribution is 2.24. The van der Waals surface area contributed by atoms with Gasteiger partial charge in [-0.3, -0.25) is 19.6 Å². The van der Waals surface area contributed by atoms with Crippen LogP contribution in [0.4, 0.5) is 5.69 Å². The molecule has 138 valence electrons. The van der Waals surface area contributed by atoms with Crippen molar-refractivity contribution in [1.82, 2.24) is 15.1 Å². The number of amides is 1. The molecule has 0 aliphatic heterocycles. The number of rotatable bonds is 6. The van der Waals surface area contributed by atoms with Crippen LogP contribution in [0.1, 0.15) is 11.6 Å². The van der Waals surface area contributed by atoms with Gasteiger partial charge in [0.25, 0.3) is 5.69 Å². The van der Waals surface area contributed by atoms with Crippen molar-refractivity contribution < 1.29 is 9.72 Å². The Morgan fingerprint density at radius 3 is 2.74 bits per heavy atom. The maximum absolute atomic E-state index is 12.4. The maximum atomic E-state index is 12.4. The number of aromatic nitrogens is 2. The highest BCUT2D eigenvalue weighted by atomic mass is 79.9. The second kappa shape index (κ2) is 8.13. The van der Waals surface area contributed by atoms with Crippen molar-refractivity contribution >= 4 is 27.5 Å². The molecular formula is C19H17BrN4O3. The summed E-state index contributed by atoms with van der Waals surface area (Å²) in [5, 5.41) is 18.1. The minimum absolute atomic E-state index is 0.000892. The van der Waals surface area contributed by atoms with Crippen molar-refractivity contribution in [2.45, 2.75) is 12.5 Å². The molecule has 0 radical (unpaired) electrons. The predicted octanol–water partition coefficient (Wildman–Crippen LogP) is 3.75. The van der Waals surface area contributed by atoms with Gasteiger partial charge in [-0.25, -0.2) is 0 Å². The summed E-state index contributed by atoms with van der Waals surface area (Å²) in [5.41, 5.74) is 2.19. The number of halogens is 1. The number of carbonyl (C=O) groups excluding carboxylic acids is 1. The van der Waals surface area contributed by atoms with Crippen molar-refractivity contribution in [2.24, 2.45) is 0 Å². The second-order valence-corrected chi connectivity index (χ2v) is 6.87. The van der Waals surface area contributed by atoms with Gasteiger partial charge in [-0.2, -0.15) is 5.10 Å². The summed E-state index contributed by atoms with van der Waals surface area (Å²) in [6.45, 7) is 0. The van der Waals surface area contributed by atoms with Crippen LogP contribution in [0.2, 0.25) is 0 Å². The fraction of sp³-hybridized carbons (Fsp3) is 0.158. The van der Waals surface area contributed by atoms with Crippen LogP contribution in [-0.4, -0.2) is 27.7 Å². The zero-order valence-corrected chi connectivity index (χ0v) is 16.1. The minimum atomic E-state index is -0.531. The number of hydrogen-bond donors (Lipinski definition) is 1. The fourth-order valence-corrected chi connectivity index (χ4v) is 3.25. The lowest BCUT2D eigenvalue weighted by Gasteiger charge is -2.16. The topological polar surface area (TPSA) is 90.1 Å². The Kier molecular flexibility index (Phi) is 5.66. The van der Waals surface area contributed by atoms with E-state index >= 15 is 0 Å². The summed E-state index contributed by atoms with van der Waals surface area (Å²) in [7, 11) is 1.58. The average molecular weight is 429 g/mol. The highest BCUT2D eigenvalue weighted by molar-refractivity contribution is 9.10. The van der Waals surface area contributed by atoms with E-state index in [1.165, 1.54) is 12.1 Å². The molecule has 0 bridgehead atoms. The van der Waals surface area contributed by atoms with E-state index in [0.717, 1.165) is 10.0 Å². The average Bonchev–Trinajstić information content (AvgIpc) is 3.15. The van der Waals surface area contributed by atoms with Gasteiger partial charge in [-0.05, 0) is 23.8 Å². The van der Waals surface area contributed by atoms with E-state index in [4.69, 9.17) is 0 Å². The Labute approximate surface area is 164 Å². The van der Waals surface area contributed by atoms with Crippen molar-refractivity contribution in [1.29, 1.82) is 0 Å². The zero-order chi connectivity index (χ0) is 19.4. The van der Waals surface area contributed by atoms with Gasteiger partial charge in [0.2, 0.25) is 5.91 Å². The number of hydrogen-bond acceptors (Lipinski definition) is 4. The molecule has 2 aromatic carbocycles. The lowest BCUT2D eigenvalue weighted by atomic mass is 10.1. The molecule has 0 aliphatic rings. The molecule has 0 spiro atoms. The molecule has 0 saturated carbocycles. The van der Waals surface area contributed by atoms with Gasteiger partial charge in [0.15, 0.2) is 0 Å². The molecular weight excluding hydrogens is 412 g/mol. The SMILES string of the molecule is CNC(=O)[C@H](Cc1cccc(Br)c1)n1ccc(-c2cccc([N+](=O)[O-])c2)n1. The molecule has 1 heterocycles. The van der Waals surface area contributed by atoms with E-state index in [1.807, 2.05) is 24.3 Å². The number of nitrogens with one attached hydrogen (secondary N) is 1. The van der Waals surface area contributed by atoms with Gasteiger partial charge in [0.05, 0.1) is 10.6 Å². The third kappa shape index (κ3) is 4.40. The molecule has 8 heteroatoms. The second-order valence-electron chi connectivity index (χ2n) is 5.95. The van der Waals surface area contributed by atoms with Crippen LogP contribution in [0.15, 0.2) is 65.3 Å². The Balaban J connectivity index is 1.91. The molecule has 1 atom stereocenters.